The molecule has 0 radical (unpaired) electrons. The van der Waals surface area contributed by atoms with Gasteiger partial charge in [-0.1, -0.05) is 32.1 Å². The van der Waals surface area contributed by atoms with Gasteiger partial charge in [-0.05, 0) is 12.8 Å². The third-order valence-electron chi connectivity index (χ3n) is 3.38. The number of aliphatic hydroxyl groups excluding tert-OH is 1. The van der Waals surface area contributed by atoms with Crippen LogP contribution in [0.15, 0.2) is 12.5 Å². The van der Waals surface area contributed by atoms with Gasteiger partial charge in [-0.25, -0.2) is 4.98 Å². The molecule has 0 spiro atoms. The van der Waals surface area contributed by atoms with Crippen LogP contribution in [-0.4, -0.2) is 14.7 Å². The molecule has 1 aromatic rings. The molecule has 0 saturated heterocycles. The molecule has 1 fully saturated rings. The van der Waals surface area contributed by atoms with Gasteiger partial charge in [0.25, 0.3) is 0 Å². The molecule has 0 unspecified atom stereocenters. The van der Waals surface area contributed by atoms with Crippen LogP contribution in [-0.2, 0) is 6.61 Å². The van der Waals surface area contributed by atoms with Crippen LogP contribution in [0.25, 0.3) is 0 Å². The van der Waals surface area contributed by atoms with E-state index < -0.39 is 0 Å². The highest BCUT2D eigenvalue weighted by Gasteiger charge is 2.15. The van der Waals surface area contributed by atoms with Crippen molar-refractivity contribution in [2.45, 2.75) is 57.6 Å². The quantitative estimate of drug-likeness (QED) is 0.811. The molecule has 1 N–H and O–H groups in total. The molecule has 1 heterocycles. The van der Waals surface area contributed by atoms with Gasteiger partial charge in [0.1, 0.15) is 0 Å². The van der Waals surface area contributed by atoms with Gasteiger partial charge in [-0.15, -0.1) is 0 Å². The molecule has 15 heavy (non-hydrogen) atoms. The van der Waals surface area contributed by atoms with Gasteiger partial charge < -0.3 is 9.67 Å². The van der Waals surface area contributed by atoms with Crippen LogP contribution in [0.4, 0.5) is 0 Å². The summed E-state index contributed by atoms with van der Waals surface area (Å²) in [5.41, 5.74) is 0.959. The van der Waals surface area contributed by atoms with E-state index >= 15 is 0 Å². The maximum atomic E-state index is 9.20. The molecule has 1 saturated carbocycles. The topological polar surface area (TPSA) is 38.1 Å². The largest absolute Gasteiger partial charge is 0.390 e. The summed E-state index contributed by atoms with van der Waals surface area (Å²) in [5, 5.41) is 9.20. The maximum absolute atomic E-state index is 9.20. The van der Waals surface area contributed by atoms with Gasteiger partial charge in [0.2, 0.25) is 0 Å². The van der Waals surface area contributed by atoms with E-state index in [0.29, 0.717) is 6.04 Å². The number of hydrogen-bond acceptors (Lipinski definition) is 2. The Balaban J connectivity index is 2.06. The summed E-state index contributed by atoms with van der Waals surface area (Å²) in [6.07, 6.45) is 12.9. The van der Waals surface area contributed by atoms with Crippen molar-refractivity contribution in [1.82, 2.24) is 9.55 Å². The zero-order chi connectivity index (χ0) is 10.5. The highest BCUT2D eigenvalue weighted by Crippen LogP contribution is 2.27. The summed E-state index contributed by atoms with van der Waals surface area (Å²) in [6, 6.07) is 0.565. The standard InChI is InChI=1S/C12H20N2O/c15-9-12-8-13-10-14(12)11-6-4-2-1-3-5-7-11/h8,10-11,15H,1-7,9H2. The lowest BCUT2D eigenvalue weighted by molar-refractivity contribution is 0.259. The van der Waals surface area contributed by atoms with Crippen LogP contribution >= 0.6 is 0 Å². The van der Waals surface area contributed by atoms with Crippen molar-refractivity contribution in [3.05, 3.63) is 18.2 Å². The zero-order valence-corrected chi connectivity index (χ0v) is 9.23. The molecule has 0 aliphatic heterocycles. The number of aliphatic hydroxyl groups is 1. The summed E-state index contributed by atoms with van der Waals surface area (Å²) < 4.78 is 2.17. The van der Waals surface area contributed by atoms with Crippen LogP contribution in [0.2, 0.25) is 0 Å². The fourth-order valence-electron chi connectivity index (χ4n) is 2.50. The van der Waals surface area contributed by atoms with Crippen LogP contribution in [0.3, 0.4) is 0 Å². The predicted molar refractivity (Wildman–Crippen MR) is 59.5 cm³/mol. The van der Waals surface area contributed by atoms with E-state index in [1.807, 2.05) is 6.33 Å². The maximum Gasteiger partial charge on any atom is 0.0951 e. The van der Waals surface area contributed by atoms with Gasteiger partial charge in [0.05, 0.1) is 24.8 Å². The minimum atomic E-state index is 0.108. The fourth-order valence-corrected chi connectivity index (χ4v) is 2.50. The van der Waals surface area contributed by atoms with Crippen LogP contribution in [0, 0.1) is 0 Å². The van der Waals surface area contributed by atoms with Crippen molar-refractivity contribution >= 4 is 0 Å². The van der Waals surface area contributed by atoms with Gasteiger partial charge in [0, 0.05) is 6.04 Å². The number of rotatable bonds is 2. The molecular formula is C12H20N2O. The Labute approximate surface area is 91.1 Å². The molecule has 0 aromatic carbocycles. The van der Waals surface area contributed by atoms with Gasteiger partial charge >= 0.3 is 0 Å². The van der Waals surface area contributed by atoms with Gasteiger partial charge in [-0.2, -0.15) is 0 Å². The third-order valence-corrected chi connectivity index (χ3v) is 3.38. The van der Waals surface area contributed by atoms with E-state index in [0.717, 1.165) is 5.69 Å². The number of imidazole rings is 1. The molecule has 84 valence electrons. The summed E-state index contributed by atoms with van der Waals surface area (Å²) >= 11 is 0. The Bertz CT molecular complexity index is 288. The summed E-state index contributed by atoms with van der Waals surface area (Å²) in [4.78, 5) is 4.13. The number of nitrogens with zero attached hydrogens (tertiary/aromatic N) is 2. The first-order chi connectivity index (χ1) is 7.42. The minimum absolute atomic E-state index is 0.108. The summed E-state index contributed by atoms with van der Waals surface area (Å²) in [5.74, 6) is 0. The Morgan fingerprint density at radius 1 is 1.20 bits per heavy atom. The summed E-state index contributed by atoms with van der Waals surface area (Å²) in [7, 11) is 0. The number of hydrogen-bond donors (Lipinski definition) is 1. The molecular weight excluding hydrogens is 188 g/mol. The van der Waals surface area contributed by atoms with Crippen LogP contribution in [0.5, 0.6) is 0 Å². The van der Waals surface area contributed by atoms with Crippen molar-refractivity contribution in [2.24, 2.45) is 0 Å². The van der Waals surface area contributed by atoms with E-state index in [4.69, 9.17) is 0 Å². The highest BCUT2D eigenvalue weighted by molar-refractivity contribution is 4.98. The molecule has 1 aliphatic rings. The van der Waals surface area contributed by atoms with E-state index in [1.165, 1.54) is 44.9 Å². The van der Waals surface area contributed by atoms with Crippen molar-refractivity contribution in [3.8, 4) is 0 Å². The SMILES string of the molecule is OCc1cncn1C1CCCCCCC1. The van der Waals surface area contributed by atoms with Crippen LogP contribution in [0.1, 0.15) is 56.7 Å². The second-order valence-corrected chi connectivity index (χ2v) is 4.45. The van der Waals surface area contributed by atoms with Gasteiger partial charge in [0.15, 0.2) is 0 Å². The Hall–Kier alpha value is -0.830. The Morgan fingerprint density at radius 2 is 1.87 bits per heavy atom. The van der Waals surface area contributed by atoms with Crippen molar-refractivity contribution in [2.75, 3.05) is 0 Å². The lowest BCUT2D eigenvalue weighted by Gasteiger charge is -2.22. The molecule has 0 amide bonds. The Kier molecular flexibility index (Phi) is 3.78. The molecule has 0 atom stereocenters. The van der Waals surface area contributed by atoms with Crippen molar-refractivity contribution in [3.63, 3.8) is 0 Å². The first-order valence-electron chi connectivity index (χ1n) is 6.03. The van der Waals surface area contributed by atoms with E-state index in [-0.39, 0.29) is 6.61 Å². The monoisotopic (exact) mass is 208 g/mol. The van der Waals surface area contributed by atoms with E-state index in [2.05, 4.69) is 9.55 Å². The molecule has 1 aliphatic carbocycles. The fraction of sp³-hybridized carbons (Fsp3) is 0.750. The zero-order valence-electron chi connectivity index (χ0n) is 9.23. The lowest BCUT2D eigenvalue weighted by Crippen LogP contribution is -2.12. The van der Waals surface area contributed by atoms with Crippen molar-refractivity contribution in [1.29, 1.82) is 0 Å². The third kappa shape index (κ3) is 2.59. The predicted octanol–water partition coefficient (Wildman–Crippen LogP) is 2.66. The van der Waals surface area contributed by atoms with Gasteiger partial charge in [-0.3, -0.25) is 0 Å². The Morgan fingerprint density at radius 3 is 2.53 bits per heavy atom. The molecule has 2 rings (SSSR count). The first kappa shape index (κ1) is 10.7. The van der Waals surface area contributed by atoms with Crippen LogP contribution < -0.4 is 0 Å². The average Bonchev–Trinajstić information content (AvgIpc) is 2.65. The molecule has 3 nitrogen and oxygen atoms in total. The highest BCUT2D eigenvalue weighted by atomic mass is 16.3. The minimum Gasteiger partial charge on any atom is -0.390 e. The van der Waals surface area contributed by atoms with E-state index in [1.54, 1.807) is 6.20 Å². The second kappa shape index (κ2) is 5.31. The molecule has 3 heteroatoms. The summed E-state index contributed by atoms with van der Waals surface area (Å²) in [6.45, 7) is 0.108. The van der Waals surface area contributed by atoms with Crippen molar-refractivity contribution < 1.29 is 5.11 Å². The smallest absolute Gasteiger partial charge is 0.0951 e. The average molecular weight is 208 g/mol. The molecule has 1 aromatic heterocycles. The molecule has 0 bridgehead atoms. The second-order valence-electron chi connectivity index (χ2n) is 4.45. The van der Waals surface area contributed by atoms with E-state index in [9.17, 15) is 5.11 Å². The lowest BCUT2D eigenvalue weighted by atomic mass is 9.96. The normalized spacial score (nSPS) is 19.8. The number of aromatic nitrogens is 2. The first-order valence-corrected chi connectivity index (χ1v) is 6.03.